The Morgan fingerprint density at radius 1 is 1.00 bits per heavy atom. The lowest BCUT2D eigenvalue weighted by Crippen LogP contribution is -2.35. The summed E-state index contributed by atoms with van der Waals surface area (Å²) >= 11 is 0. The summed E-state index contributed by atoms with van der Waals surface area (Å²) in [7, 11) is 3.56. The van der Waals surface area contributed by atoms with Gasteiger partial charge in [0.2, 0.25) is 0 Å². The smallest absolute Gasteiger partial charge is 0.257 e. The van der Waals surface area contributed by atoms with Crippen LogP contribution in [-0.4, -0.2) is 37.0 Å². The molecule has 2 atom stereocenters. The number of hydrogen-bond donors (Lipinski definition) is 1. The van der Waals surface area contributed by atoms with Crippen molar-refractivity contribution in [3.05, 3.63) is 64.7 Å². The number of rotatable bonds is 1. The second-order valence-electron chi connectivity index (χ2n) is 8.00. The first-order valence-electron chi connectivity index (χ1n) is 9.72. The Balaban J connectivity index is 1.73. The third-order valence-corrected chi connectivity index (χ3v) is 5.96. The minimum atomic E-state index is -0.0269. The van der Waals surface area contributed by atoms with Gasteiger partial charge < -0.3 is 15.0 Å². The van der Waals surface area contributed by atoms with Crippen molar-refractivity contribution in [2.24, 2.45) is 0 Å². The summed E-state index contributed by atoms with van der Waals surface area (Å²) in [5.74, 6) is 1.52. The van der Waals surface area contributed by atoms with Gasteiger partial charge in [0, 0.05) is 37.3 Å². The highest BCUT2D eigenvalue weighted by atomic mass is 16.5. The molecule has 2 bridgehead atoms. The van der Waals surface area contributed by atoms with Crippen molar-refractivity contribution in [3.8, 4) is 11.5 Å². The second-order valence-corrected chi connectivity index (χ2v) is 8.00. The van der Waals surface area contributed by atoms with E-state index in [4.69, 9.17) is 4.74 Å². The number of nitrogens with one attached hydrogen (secondary N) is 1. The summed E-state index contributed by atoms with van der Waals surface area (Å²) in [6.07, 6.45) is 4.66. The number of amides is 1. The van der Waals surface area contributed by atoms with Gasteiger partial charge in [-0.25, -0.2) is 0 Å². The molecule has 3 heterocycles. The first-order valence-corrected chi connectivity index (χ1v) is 9.72. The molecule has 2 aromatic carbocycles. The Labute approximate surface area is 159 Å². The van der Waals surface area contributed by atoms with Crippen molar-refractivity contribution in [1.29, 1.82) is 0 Å². The Kier molecular flexibility index (Phi) is 3.83. The number of piperidine rings is 1. The maximum Gasteiger partial charge on any atom is 0.257 e. The van der Waals surface area contributed by atoms with Gasteiger partial charge in [-0.1, -0.05) is 35.9 Å². The van der Waals surface area contributed by atoms with Crippen LogP contribution in [0.4, 0.5) is 0 Å². The third kappa shape index (κ3) is 2.67. The lowest BCUT2D eigenvalue weighted by molar-refractivity contribution is 0.0825. The van der Waals surface area contributed by atoms with Gasteiger partial charge in [0.05, 0.1) is 5.56 Å². The first-order chi connectivity index (χ1) is 13.1. The van der Waals surface area contributed by atoms with Gasteiger partial charge >= 0.3 is 0 Å². The van der Waals surface area contributed by atoms with Gasteiger partial charge in [0.25, 0.3) is 5.91 Å². The predicted octanol–water partition coefficient (Wildman–Crippen LogP) is 4.21. The molecule has 2 fully saturated rings. The van der Waals surface area contributed by atoms with E-state index < -0.39 is 0 Å². The van der Waals surface area contributed by atoms with E-state index in [-0.39, 0.29) is 5.91 Å². The number of hydrogen-bond acceptors (Lipinski definition) is 3. The lowest BCUT2D eigenvalue weighted by Gasteiger charge is -2.31. The van der Waals surface area contributed by atoms with Crippen molar-refractivity contribution < 1.29 is 9.53 Å². The number of carbonyl (C=O) groups excluding carboxylic acids is 1. The van der Waals surface area contributed by atoms with E-state index in [9.17, 15) is 4.79 Å². The zero-order valence-electron chi connectivity index (χ0n) is 15.8. The molecule has 138 valence electrons. The fraction of sp³-hybridized carbons (Fsp3) is 0.348. The van der Waals surface area contributed by atoms with Gasteiger partial charge in [-0.3, -0.25) is 4.79 Å². The summed E-state index contributed by atoms with van der Waals surface area (Å²) in [6, 6.07) is 15.3. The van der Waals surface area contributed by atoms with Crippen LogP contribution in [0.2, 0.25) is 0 Å². The molecule has 0 radical (unpaired) electrons. The van der Waals surface area contributed by atoms with Crippen molar-refractivity contribution in [1.82, 2.24) is 10.2 Å². The van der Waals surface area contributed by atoms with Crippen LogP contribution in [0.25, 0.3) is 5.57 Å². The molecule has 5 rings (SSSR count). The number of para-hydroxylation sites is 2. The molecule has 0 spiro atoms. The topological polar surface area (TPSA) is 41.6 Å². The fourth-order valence-electron chi connectivity index (χ4n) is 4.76. The molecule has 4 heteroatoms. The molecule has 0 saturated carbocycles. The highest BCUT2D eigenvalue weighted by molar-refractivity contribution is 6.01. The van der Waals surface area contributed by atoms with Crippen LogP contribution in [0.5, 0.6) is 11.5 Å². The van der Waals surface area contributed by atoms with E-state index in [2.05, 4.69) is 23.5 Å². The Morgan fingerprint density at radius 2 is 1.70 bits per heavy atom. The van der Waals surface area contributed by atoms with Crippen LogP contribution in [-0.2, 0) is 0 Å². The molecule has 1 N–H and O–H groups in total. The summed E-state index contributed by atoms with van der Waals surface area (Å²) in [6.45, 7) is 0. The van der Waals surface area contributed by atoms with Crippen LogP contribution in [0.1, 0.15) is 47.2 Å². The van der Waals surface area contributed by atoms with Crippen LogP contribution >= 0.6 is 0 Å². The molecule has 3 aliphatic rings. The van der Waals surface area contributed by atoms with E-state index in [1.54, 1.807) is 19.0 Å². The molecule has 27 heavy (non-hydrogen) atoms. The maximum absolute atomic E-state index is 12.7. The second kappa shape index (κ2) is 6.24. The lowest BCUT2D eigenvalue weighted by atomic mass is 9.84. The number of carbonyl (C=O) groups is 1. The number of nitrogens with zero attached hydrogens (tertiary/aromatic N) is 1. The van der Waals surface area contributed by atoms with Gasteiger partial charge in [0.1, 0.15) is 11.5 Å². The van der Waals surface area contributed by atoms with Crippen LogP contribution < -0.4 is 10.1 Å². The number of fused-ring (bicyclic) bond motifs is 4. The number of ether oxygens (including phenoxy) is 1. The van der Waals surface area contributed by atoms with Crippen LogP contribution in [0.15, 0.2) is 48.0 Å². The van der Waals surface area contributed by atoms with Crippen molar-refractivity contribution in [3.63, 3.8) is 0 Å². The third-order valence-electron chi connectivity index (χ3n) is 5.96. The normalized spacial score (nSPS) is 22.7. The van der Waals surface area contributed by atoms with E-state index in [1.807, 2.05) is 24.3 Å². The molecule has 2 aromatic rings. The van der Waals surface area contributed by atoms with E-state index in [0.29, 0.717) is 23.4 Å². The largest absolute Gasteiger partial charge is 0.455 e. The zero-order valence-corrected chi connectivity index (χ0v) is 15.8. The molecule has 1 amide bonds. The molecule has 0 aliphatic carbocycles. The summed E-state index contributed by atoms with van der Waals surface area (Å²) in [4.78, 5) is 14.4. The monoisotopic (exact) mass is 360 g/mol. The summed E-state index contributed by atoms with van der Waals surface area (Å²) in [5.41, 5.74) is 5.60. The van der Waals surface area contributed by atoms with Gasteiger partial charge in [0.15, 0.2) is 0 Å². The highest BCUT2D eigenvalue weighted by Crippen LogP contribution is 2.49. The van der Waals surface area contributed by atoms with Gasteiger partial charge in [-0.15, -0.1) is 0 Å². The molecular formula is C23H24N2O2. The average Bonchev–Trinajstić information content (AvgIpc) is 3.02. The van der Waals surface area contributed by atoms with Crippen LogP contribution in [0.3, 0.4) is 0 Å². The molecule has 2 unspecified atom stereocenters. The van der Waals surface area contributed by atoms with E-state index >= 15 is 0 Å². The van der Waals surface area contributed by atoms with E-state index in [1.165, 1.54) is 24.0 Å². The van der Waals surface area contributed by atoms with Crippen molar-refractivity contribution in [2.75, 3.05) is 14.1 Å². The molecule has 2 saturated heterocycles. The van der Waals surface area contributed by atoms with Crippen molar-refractivity contribution >= 4 is 11.5 Å². The number of benzene rings is 2. The summed E-state index contributed by atoms with van der Waals surface area (Å²) < 4.78 is 6.27. The Morgan fingerprint density at radius 3 is 2.44 bits per heavy atom. The zero-order chi connectivity index (χ0) is 18.5. The average molecular weight is 360 g/mol. The van der Waals surface area contributed by atoms with Gasteiger partial charge in [-0.05, 0) is 43.4 Å². The van der Waals surface area contributed by atoms with Crippen molar-refractivity contribution in [2.45, 2.75) is 37.8 Å². The fourth-order valence-corrected chi connectivity index (χ4v) is 4.76. The quantitative estimate of drug-likeness (QED) is 0.707. The predicted molar refractivity (Wildman–Crippen MR) is 106 cm³/mol. The standard InChI is InChI=1S/C23H24N2O2/c1-25(2)23(26)19-8-5-7-18-21(14-12-15-10-11-16(13-14)24-15)17-6-3-4-9-20(17)27-22(18)19/h3-9,15-16,24H,10-13H2,1-2H3. The maximum atomic E-state index is 12.7. The SMILES string of the molecule is CN(C)C(=O)c1cccc2c1Oc1ccccc1C2=C1CC2CCC(C1)N2. The minimum absolute atomic E-state index is 0.0269. The molecule has 0 aromatic heterocycles. The minimum Gasteiger partial charge on any atom is -0.455 e. The summed E-state index contributed by atoms with van der Waals surface area (Å²) in [5, 5.41) is 3.73. The molecule has 3 aliphatic heterocycles. The highest BCUT2D eigenvalue weighted by Gasteiger charge is 2.35. The first kappa shape index (κ1) is 16.6. The van der Waals surface area contributed by atoms with Gasteiger partial charge in [-0.2, -0.15) is 0 Å². The van der Waals surface area contributed by atoms with Crippen LogP contribution in [0, 0.1) is 0 Å². The molecule has 4 nitrogen and oxygen atoms in total. The molecular weight excluding hydrogens is 336 g/mol. The van der Waals surface area contributed by atoms with E-state index in [0.717, 1.165) is 29.7 Å². The Hall–Kier alpha value is -2.59. The Bertz CT molecular complexity index is 947.